The van der Waals surface area contributed by atoms with Gasteiger partial charge in [-0.05, 0) is 25.5 Å². The number of aliphatic hydroxyl groups excluding tert-OH is 1. The van der Waals surface area contributed by atoms with Crippen LogP contribution in [0.4, 0.5) is 0 Å². The summed E-state index contributed by atoms with van der Waals surface area (Å²) in [5.41, 5.74) is 3.15. The van der Waals surface area contributed by atoms with Crippen LogP contribution < -0.4 is 14.8 Å². The molecule has 1 heterocycles. The molecule has 1 aromatic carbocycles. The average molecular weight is 251 g/mol. The molecule has 18 heavy (non-hydrogen) atoms. The van der Waals surface area contributed by atoms with Gasteiger partial charge in [-0.1, -0.05) is 6.92 Å². The number of benzene rings is 1. The fourth-order valence-corrected chi connectivity index (χ4v) is 2.76. The zero-order chi connectivity index (χ0) is 13.1. The molecule has 0 saturated heterocycles. The second-order valence-electron chi connectivity index (χ2n) is 4.49. The molecule has 0 saturated carbocycles. The number of hydrogen-bond acceptors (Lipinski definition) is 4. The fraction of sp³-hybridized carbons (Fsp3) is 0.571. The van der Waals surface area contributed by atoms with Crippen molar-refractivity contribution in [2.24, 2.45) is 0 Å². The summed E-state index contributed by atoms with van der Waals surface area (Å²) in [5, 5.41) is 12.9. The number of methoxy groups -OCH3 is 2. The van der Waals surface area contributed by atoms with Crippen LogP contribution in [-0.2, 0) is 13.0 Å². The van der Waals surface area contributed by atoms with Crippen molar-refractivity contribution < 1.29 is 14.6 Å². The summed E-state index contributed by atoms with van der Waals surface area (Å²) < 4.78 is 11.0. The van der Waals surface area contributed by atoms with E-state index in [1.807, 2.05) is 6.07 Å². The van der Waals surface area contributed by atoms with Gasteiger partial charge in [0.2, 0.25) is 0 Å². The minimum absolute atomic E-state index is 0.0307. The Kier molecular flexibility index (Phi) is 4.09. The maximum absolute atomic E-state index is 9.44. The highest BCUT2D eigenvalue weighted by molar-refractivity contribution is 5.56. The van der Waals surface area contributed by atoms with E-state index in [4.69, 9.17) is 9.47 Å². The smallest absolute Gasteiger partial charge is 0.128 e. The third-order valence-corrected chi connectivity index (χ3v) is 3.58. The molecule has 1 aromatic rings. The Morgan fingerprint density at radius 3 is 2.72 bits per heavy atom. The van der Waals surface area contributed by atoms with Crippen LogP contribution in [0.5, 0.6) is 11.5 Å². The molecule has 0 amide bonds. The molecular weight excluding hydrogens is 230 g/mol. The van der Waals surface area contributed by atoms with E-state index in [0.717, 1.165) is 36.4 Å². The highest BCUT2D eigenvalue weighted by Crippen LogP contribution is 2.41. The zero-order valence-electron chi connectivity index (χ0n) is 11.2. The van der Waals surface area contributed by atoms with Crippen LogP contribution in [0.3, 0.4) is 0 Å². The standard InChI is InChI=1S/C14H21NO3/c1-4-11-13-10(5-6-15-11)14(18-3)9(8-16)7-12(13)17-2/h7,11,15-16H,4-6,8H2,1-3H3. The second kappa shape index (κ2) is 5.59. The zero-order valence-corrected chi connectivity index (χ0v) is 11.2. The summed E-state index contributed by atoms with van der Waals surface area (Å²) in [6.07, 6.45) is 1.91. The van der Waals surface area contributed by atoms with Crippen molar-refractivity contribution in [1.29, 1.82) is 0 Å². The Morgan fingerprint density at radius 1 is 1.39 bits per heavy atom. The Morgan fingerprint density at radius 2 is 2.17 bits per heavy atom. The molecule has 0 bridgehead atoms. The lowest BCUT2D eigenvalue weighted by Gasteiger charge is -2.30. The molecule has 4 nitrogen and oxygen atoms in total. The average Bonchev–Trinajstić information content (AvgIpc) is 2.44. The van der Waals surface area contributed by atoms with Crippen LogP contribution in [-0.4, -0.2) is 25.9 Å². The van der Waals surface area contributed by atoms with Gasteiger partial charge in [0.05, 0.1) is 20.8 Å². The van der Waals surface area contributed by atoms with Crippen LogP contribution in [0.1, 0.15) is 36.1 Å². The minimum Gasteiger partial charge on any atom is -0.496 e. The number of hydrogen-bond donors (Lipinski definition) is 2. The van der Waals surface area contributed by atoms with Crippen LogP contribution in [0.15, 0.2) is 6.07 Å². The Bertz CT molecular complexity index is 432. The minimum atomic E-state index is -0.0307. The summed E-state index contributed by atoms with van der Waals surface area (Å²) in [5.74, 6) is 1.65. The van der Waals surface area contributed by atoms with Gasteiger partial charge in [0.15, 0.2) is 0 Å². The summed E-state index contributed by atoms with van der Waals surface area (Å²) >= 11 is 0. The Hall–Kier alpha value is -1.26. The van der Waals surface area contributed by atoms with Gasteiger partial charge < -0.3 is 19.9 Å². The van der Waals surface area contributed by atoms with Crippen molar-refractivity contribution in [3.63, 3.8) is 0 Å². The van der Waals surface area contributed by atoms with Crippen molar-refractivity contribution in [2.75, 3.05) is 20.8 Å². The molecule has 2 N–H and O–H groups in total. The molecule has 0 aliphatic carbocycles. The van der Waals surface area contributed by atoms with Gasteiger partial charge in [-0.25, -0.2) is 0 Å². The maximum Gasteiger partial charge on any atom is 0.128 e. The molecular formula is C14H21NO3. The van der Waals surface area contributed by atoms with E-state index in [9.17, 15) is 5.11 Å². The first-order chi connectivity index (χ1) is 8.76. The number of aliphatic hydroxyl groups is 1. The molecule has 0 spiro atoms. The maximum atomic E-state index is 9.44. The lowest BCUT2D eigenvalue weighted by molar-refractivity contribution is 0.271. The van der Waals surface area contributed by atoms with Gasteiger partial charge in [0.25, 0.3) is 0 Å². The van der Waals surface area contributed by atoms with Crippen molar-refractivity contribution in [1.82, 2.24) is 5.32 Å². The first-order valence-electron chi connectivity index (χ1n) is 6.37. The quantitative estimate of drug-likeness (QED) is 0.856. The molecule has 2 rings (SSSR count). The third-order valence-electron chi connectivity index (χ3n) is 3.58. The topological polar surface area (TPSA) is 50.7 Å². The van der Waals surface area contributed by atoms with Gasteiger partial charge in [-0.2, -0.15) is 0 Å². The van der Waals surface area contributed by atoms with Crippen molar-refractivity contribution in [3.8, 4) is 11.5 Å². The number of nitrogens with one attached hydrogen (secondary N) is 1. The molecule has 1 unspecified atom stereocenters. The van der Waals surface area contributed by atoms with Crippen molar-refractivity contribution in [2.45, 2.75) is 32.4 Å². The predicted molar refractivity (Wildman–Crippen MR) is 70.2 cm³/mol. The molecule has 4 heteroatoms. The second-order valence-corrected chi connectivity index (χ2v) is 4.49. The van der Waals surface area contributed by atoms with Crippen LogP contribution >= 0.6 is 0 Å². The molecule has 1 aliphatic rings. The summed E-state index contributed by atoms with van der Waals surface area (Å²) in [7, 11) is 3.33. The monoisotopic (exact) mass is 251 g/mol. The highest BCUT2D eigenvalue weighted by Gasteiger charge is 2.27. The van der Waals surface area contributed by atoms with Crippen LogP contribution in [0.25, 0.3) is 0 Å². The van der Waals surface area contributed by atoms with Gasteiger partial charge in [0, 0.05) is 22.7 Å². The SMILES string of the molecule is CCC1NCCc2c(OC)c(CO)cc(OC)c21. The third kappa shape index (κ3) is 2.06. The first-order valence-corrected chi connectivity index (χ1v) is 6.37. The van der Waals surface area contributed by atoms with Crippen LogP contribution in [0.2, 0.25) is 0 Å². The largest absolute Gasteiger partial charge is 0.496 e. The van der Waals surface area contributed by atoms with E-state index < -0.39 is 0 Å². The normalized spacial score (nSPS) is 18.3. The highest BCUT2D eigenvalue weighted by atomic mass is 16.5. The van der Waals surface area contributed by atoms with Gasteiger partial charge in [-0.15, -0.1) is 0 Å². The Labute approximate surface area is 108 Å². The van der Waals surface area contributed by atoms with E-state index in [-0.39, 0.29) is 6.61 Å². The van der Waals surface area contributed by atoms with E-state index in [1.165, 1.54) is 11.1 Å². The summed E-state index contributed by atoms with van der Waals surface area (Å²) in [6, 6.07) is 2.18. The fourth-order valence-electron chi connectivity index (χ4n) is 2.76. The van der Waals surface area contributed by atoms with Crippen molar-refractivity contribution in [3.05, 3.63) is 22.8 Å². The van der Waals surface area contributed by atoms with Gasteiger partial charge in [-0.3, -0.25) is 0 Å². The molecule has 1 aliphatic heterocycles. The Balaban J connectivity index is 2.64. The van der Waals surface area contributed by atoms with Crippen molar-refractivity contribution >= 4 is 0 Å². The molecule has 1 atom stereocenters. The molecule has 0 aromatic heterocycles. The van der Waals surface area contributed by atoms with Crippen LogP contribution in [0, 0.1) is 0 Å². The summed E-state index contributed by atoms with van der Waals surface area (Å²) in [4.78, 5) is 0. The van der Waals surface area contributed by atoms with Gasteiger partial charge in [0.1, 0.15) is 11.5 Å². The lowest BCUT2D eigenvalue weighted by Crippen LogP contribution is -2.30. The van der Waals surface area contributed by atoms with E-state index in [1.54, 1.807) is 14.2 Å². The number of fused-ring (bicyclic) bond motifs is 1. The summed E-state index contributed by atoms with van der Waals surface area (Å²) in [6.45, 7) is 3.05. The lowest BCUT2D eigenvalue weighted by atomic mass is 9.89. The van der Waals surface area contributed by atoms with E-state index in [2.05, 4.69) is 12.2 Å². The first kappa shape index (κ1) is 13.2. The van der Waals surface area contributed by atoms with E-state index >= 15 is 0 Å². The number of rotatable bonds is 4. The molecule has 0 fully saturated rings. The van der Waals surface area contributed by atoms with Gasteiger partial charge >= 0.3 is 0 Å². The van der Waals surface area contributed by atoms with E-state index in [0.29, 0.717) is 6.04 Å². The molecule has 0 radical (unpaired) electrons. The molecule has 100 valence electrons. The predicted octanol–water partition coefficient (Wildman–Crippen LogP) is 1.79. The number of ether oxygens (including phenoxy) is 2.